The van der Waals surface area contributed by atoms with Crippen molar-refractivity contribution in [3.63, 3.8) is 0 Å². The Kier molecular flexibility index (Phi) is 4.91. The number of amides is 1. The Morgan fingerprint density at radius 3 is 2.42 bits per heavy atom. The summed E-state index contributed by atoms with van der Waals surface area (Å²) in [6.07, 6.45) is 1.46. The number of aldehydes is 1. The first kappa shape index (κ1) is 15.5. The molecule has 0 unspecified atom stereocenters. The molecule has 1 amide bonds. The van der Waals surface area contributed by atoms with Crippen molar-refractivity contribution in [2.45, 2.75) is 57.7 Å². The highest BCUT2D eigenvalue weighted by molar-refractivity contribution is 5.82. The van der Waals surface area contributed by atoms with E-state index < -0.39 is 23.7 Å². The average molecular weight is 271 g/mol. The van der Waals surface area contributed by atoms with Gasteiger partial charge in [0.2, 0.25) is 0 Å². The van der Waals surface area contributed by atoms with Crippen molar-refractivity contribution < 1.29 is 23.9 Å². The van der Waals surface area contributed by atoms with Crippen LogP contribution in [0.5, 0.6) is 0 Å². The summed E-state index contributed by atoms with van der Waals surface area (Å²) in [7, 11) is 1.28. The molecule has 0 aromatic heterocycles. The Morgan fingerprint density at radius 1 is 1.32 bits per heavy atom. The number of carbonyl (C=O) groups excluding carboxylic acids is 3. The number of carbonyl (C=O) groups is 3. The van der Waals surface area contributed by atoms with Gasteiger partial charge in [-0.25, -0.2) is 9.59 Å². The van der Waals surface area contributed by atoms with Gasteiger partial charge in [-0.2, -0.15) is 0 Å². The lowest BCUT2D eigenvalue weighted by molar-refractivity contribution is -0.146. The predicted molar refractivity (Wildman–Crippen MR) is 67.6 cm³/mol. The molecule has 1 rings (SSSR count). The maximum atomic E-state index is 12.2. The van der Waals surface area contributed by atoms with E-state index in [2.05, 4.69) is 0 Å². The molecule has 19 heavy (non-hydrogen) atoms. The number of likely N-dealkylation sites (tertiary alicyclic amines) is 1. The van der Waals surface area contributed by atoms with E-state index in [-0.39, 0.29) is 12.5 Å². The third-order valence-corrected chi connectivity index (χ3v) is 2.95. The minimum Gasteiger partial charge on any atom is -0.467 e. The molecule has 1 aliphatic rings. The molecule has 0 saturated carbocycles. The van der Waals surface area contributed by atoms with Crippen LogP contribution in [0.1, 0.15) is 40.0 Å². The quantitative estimate of drug-likeness (QED) is 0.574. The highest BCUT2D eigenvalue weighted by Gasteiger charge is 2.43. The smallest absolute Gasteiger partial charge is 0.411 e. The summed E-state index contributed by atoms with van der Waals surface area (Å²) in [5, 5.41) is 0. The van der Waals surface area contributed by atoms with Crippen molar-refractivity contribution in [2.24, 2.45) is 0 Å². The summed E-state index contributed by atoms with van der Waals surface area (Å²) in [4.78, 5) is 35.8. The predicted octanol–water partition coefficient (Wildman–Crippen LogP) is 1.52. The Hall–Kier alpha value is -1.59. The van der Waals surface area contributed by atoms with Crippen LogP contribution in [-0.4, -0.2) is 48.0 Å². The van der Waals surface area contributed by atoms with Crippen LogP contribution in [-0.2, 0) is 19.1 Å². The zero-order valence-electron chi connectivity index (χ0n) is 11.8. The van der Waals surface area contributed by atoms with Crippen LogP contribution in [0.3, 0.4) is 0 Å². The van der Waals surface area contributed by atoms with Crippen LogP contribution < -0.4 is 0 Å². The third-order valence-electron chi connectivity index (χ3n) is 2.95. The zero-order chi connectivity index (χ0) is 14.6. The summed E-state index contributed by atoms with van der Waals surface area (Å²) < 4.78 is 9.98. The summed E-state index contributed by atoms with van der Waals surface area (Å²) in [6.45, 7) is 5.26. The monoisotopic (exact) mass is 271 g/mol. The van der Waals surface area contributed by atoms with Gasteiger partial charge in [0.1, 0.15) is 17.9 Å². The van der Waals surface area contributed by atoms with Crippen molar-refractivity contribution in [1.29, 1.82) is 0 Å². The van der Waals surface area contributed by atoms with Gasteiger partial charge in [-0.15, -0.1) is 0 Å². The molecular weight excluding hydrogens is 250 g/mol. The van der Waals surface area contributed by atoms with Crippen molar-refractivity contribution in [1.82, 2.24) is 4.90 Å². The summed E-state index contributed by atoms with van der Waals surface area (Å²) in [6, 6.07) is -0.957. The second-order valence-corrected chi connectivity index (χ2v) is 5.56. The molecule has 0 radical (unpaired) electrons. The molecule has 1 saturated heterocycles. The van der Waals surface area contributed by atoms with E-state index in [9.17, 15) is 14.4 Å². The lowest BCUT2D eigenvalue weighted by Crippen LogP contribution is -2.47. The normalized spacial score (nSPS) is 23.1. The summed E-state index contributed by atoms with van der Waals surface area (Å²) in [5.74, 6) is -0.473. The van der Waals surface area contributed by atoms with Crippen molar-refractivity contribution in [2.75, 3.05) is 7.11 Å². The second kappa shape index (κ2) is 6.04. The Balaban J connectivity index is 2.88. The minimum atomic E-state index is -0.662. The number of nitrogens with zero attached hydrogens (tertiary/aromatic N) is 1. The molecule has 0 spiro atoms. The van der Waals surface area contributed by atoms with Gasteiger partial charge in [0.05, 0.1) is 7.11 Å². The second-order valence-electron chi connectivity index (χ2n) is 5.56. The molecule has 0 aromatic rings. The van der Waals surface area contributed by atoms with Gasteiger partial charge in [-0.1, -0.05) is 0 Å². The van der Waals surface area contributed by atoms with Crippen LogP contribution in [0.15, 0.2) is 0 Å². The average Bonchev–Trinajstić information content (AvgIpc) is 2.70. The van der Waals surface area contributed by atoms with Gasteiger partial charge in [-0.3, -0.25) is 4.90 Å². The van der Waals surface area contributed by atoms with Crippen molar-refractivity contribution in [3.8, 4) is 0 Å². The van der Waals surface area contributed by atoms with E-state index in [4.69, 9.17) is 9.47 Å². The number of esters is 1. The maximum Gasteiger partial charge on any atom is 0.411 e. The number of hydrogen-bond donors (Lipinski definition) is 0. The Labute approximate surface area is 113 Å². The molecule has 0 N–H and O–H groups in total. The van der Waals surface area contributed by atoms with E-state index in [0.717, 1.165) is 6.29 Å². The topological polar surface area (TPSA) is 72.9 Å². The third kappa shape index (κ3) is 3.94. The number of rotatable bonds is 3. The highest BCUT2D eigenvalue weighted by atomic mass is 16.6. The molecule has 6 heteroatoms. The molecule has 1 fully saturated rings. The molecular formula is C13H21NO5. The van der Waals surface area contributed by atoms with Crippen LogP contribution in [0.2, 0.25) is 0 Å². The van der Waals surface area contributed by atoms with Gasteiger partial charge in [0.25, 0.3) is 0 Å². The van der Waals surface area contributed by atoms with E-state index in [1.165, 1.54) is 12.0 Å². The summed E-state index contributed by atoms with van der Waals surface area (Å²) >= 11 is 0. The Morgan fingerprint density at radius 2 is 1.95 bits per heavy atom. The van der Waals surface area contributed by atoms with Gasteiger partial charge in [0.15, 0.2) is 0 Å². The van der Waals surface area contributed by atoms with Gasteiger partial charge < -0.3 is 14.3 Å². The zero-order valence-corrected chi connectivity index (χ0v) is 11.8. The standard InChI is InChI=1S/C13H21NO5/c1-13(2,3)19-12(17)14-9(7-8-15)5-6-10(14)11(16)18-4/h8-10H,5-7H2,1-4H3/t9-,10+/m0/s1. The molecule has 1 heterocycles. The van der Waals surface area contributed by atoms with Crippen molar-refractivity contribution >= 4 is 18.3 Å². The van der Waals surface area contributed by atoms with Crippen LogP contribution in [0.4, 0.5) is 4.79 Å². The molecule has 0 aliphatic carbocycles. The fraction of sp³-hybridized carbons (Fsp3) is 0.769. The number of ether oxygens (including phenoxy) is 2. The molecule has 108 valence electrons. The van der Waals surface area contributed by atoms with E-state index >= 15 is 0 Å². The van der Waals surface area contributed by atoms with Crippen LogP contribution in [0, 0.1) is 0 Å². The van der Waals surface area contributed by atoms with E-state index in [0.29, 0.717) is 12.8 Å². The number of hydrogen-bond acceptors (Lipinski definition) is 5. The molecule has 6 nitrogen and oxygen atoms in total. The molecule has 0 aromatic carbocycles. The SMILES string of the molecule is COC(=O)[C@H]1CC[C@@H](CC=O)N1C(=O)OC(C)(C)C. The fourth-order valence-corrected chi connectivity index (χ4v) is 2.18. The fourth-order valence-electron chi connectivity index (χ4n) is 2.18. The van der Waals surface area contributed by atoms with Gasteiger partial charge in [0, 0.05) is 12.5 Å². The largest absolute Gasteiger partial charge is 0.467 e. The van der Waals surface area contributed by atoms with Crippen molar-refractivity contribution in [3.05, 3.63) is 0 Å². The highest BCUT2D eigenvalue weighted by Crippen LogP contribution is 2.28. The lowest BCUT2D eigenvalue weighted by Gasteiger charge is -2.30. The maximum absolute atomic E-state index is 12.2. The molecule has 2 atom stereocenters. The summed E-state index contributed by atoms with van der Waals surface area (Å²) in [5.41, 5.74) is -0.647. The van der Waals surface area contributed by atoms with Crippen LogP contribution in [0.25, 0.3) is 0 Å². The Bertz CT molecular complexity index is 361. The lowest BCUT2D eigenvalue weighted by atomic mass is 10.1. The first-order chi connectivity index (χ1) is 8.80. The van der Waals surface area contributed by atoms with E-state index in [1.807, 2.05) is 0 Å². The van der Waals surface area contributed by atoms with E-state index in [1.54, 1.807) is 20.8 Å². The minimum absolute atomic E-state index is 0.201. The van der Waals surface area contributed by atoms with Gasteiger partial charge in [-0.05, 0) is 33.6 Å². The first-order valence-electron chi connectivity index (χ1n) is 6.33. The van der Waals surface area contributed by atoms with Crippen LogP contribution >= 0.6 is 0 Å². The van der Waals surface area contributed by atoms with Gasteiger partial charge >= 0.3 is 12.1 Å². The molecule has 1 aliphatic heterocycles. The number of methoxy groups -OCH3 is 1. The first-order valence-corrected chi connectivity index (χ1v) is 6.33. The molecule has 0 bridgehead atoms.